The Morgan fingerprint density at radius 3 is 3.00 bits per heavy atom. The van der Waals surface area contributed by atoms with E-state index in [-0.39, 0.29) is 23.9 Å². The molecule has 3 aliphatic rings. The van der Waals surface area contributed by atoms with Crippen LogP contribution in [-0.2, 0) is 14.3 Å². The van der Waals surface area contributed by atoms with Crippen LogP contribution >= 0.6 is 0 Å². The number of carbonyl (C=O) groups is 1. The van der Waals surface area contributed by atoms with Gasteiger partial charge >= 0.3 is 5.97 Å². The van der Waals surface area contributed by atoms with Crippen molar-refractivity contribution in [3.63, 3.8) is 0 Å². The number of fused-ring (bicyclic) bond motifs is 2. The molecule has 1 N–H and O–H groups in total. The Hall–Kier alpha value is -1.29. The van der Waals surface area contributed by atoms with Crippen LogP contribution in [0.2, 0.25) is 0 Å². The molecule has 1 aliphatic carbocycles. The monoisotopic (exact) mass is 264 g/mol. The van der Waals surface area contributed by atoms with Crippen molar-refractivity contribution in [1.29, 1.82) is 0 Å². The van der Waals surface area contributed by atoms with Crippen molar-refractivity contribution >= 4 is 5.97 Å². The summed E-state index contributed by atoms with van der Waals surface area (Å²) in [5.41, 5.74) is 0.144. The third kappa shape index (κ3) is 1.73. The van der Waals surface area contributed by atoms with E-state index in [1.807, 2.05) is 13.0 Å². The lowest BCUT2D eigenvalue weighted by molar-refractivity contribution is -0.171. The highest BCUT2D eigenvalue weighted by Gasteiger charge is 2.54. The summed E-state index contributed by atoms with van der Waals surface area (Å²) in [7, 11) is 0. The van der Waals surface area contributed by atoms with Crippen LogP contribution in [0.15, 0.2) is 24.5 Å². The normalized spacial score (nSPS) is 48.9. The van der Waals surface area contributed by atoms with Gasteiger partial charge in [0.2, 0.25) is 6.29 Å². The standard InChI is InChI=1S/C15H20O4/c1-8-6-12-10(9(2)13(16)19-12)7-15(3)11(8)4-5-18-14(15)17/h4-5,8,10-12,14,17H,2,6-7H2,1,3H3. The summed E-state index contributed by atoms with van der Waals surface area (Å²) in [5.74, 6) is 0.266. The van der Waals surface area contributed by atoms with E-state index in [0.29, 0.717) is 17.9 Å². The molecule has 4 heteroatoms. The first-order valence-corrected chi connectivity index (χ1v) is 6.83. The van der Waals surface area contributed by atoms with Crippen molar-refractivity contribution in [3.05, 3.63) is 24.5 Å². The van der Waals surface area contributed by atoms with Gasteiger partial charge in [0.1, 0.15) is 6.10 Å². The molecule has 0 aromatic carbocycles. The lowest BCUT2D eigenvalue weighted by Gasteiger charge is -2.43. The van der Waals surface area contributed by atoms with Crippen molar-refractivity contribution in [3.8, 4) is 0 Å². The van der Waals surface area contributed by atoms with Gasteiger partial charge in [-0.05, 0) is 30.8 Å². The van der Waals surface area contributed by atoms with Gasteiger partial charge in [-0.3, -0.25) is 0 Å². The Morgan fingerprint density at radius 1 is 1.53 bits per heavy atom. The third-order valence-electron chi connectivity index (χ3n) is 5.11. The fourth-order valence-corrected chi connectivity index (χ4v) is 3.95. The topological polar surface area (TPSA) is 55.8 Å². The first-order valence-electron chi connectivity index (χ1n) is 6.83. The minimum Gasteiger partial charge on any atom is -0.472 e. The molecule has 6 atom stereocenters. The molecule has 0 aromatic rings. The number of esters is 1. The van der Waals surface area contributed by atoms with E-state index in [4.69, 9.17) is 9.47 Å². The average Bonchev–Trinajstić information content (AvgIpc) is 2.54. The Morgan fingerprint density at radius 2 is 2.26 bits per heavy atom. The Kier molecular flexibility index (Phi) is 2.75. The van der Waals surface area contributed by atoms with Gasteiger partial charge in [-0.15, -0.1) is 0 Å². The summed E-state index contributed by atoms with van der Waals surface area (Å²) in [4.78, 5) is 11.7. The molecule has 1 saturated heterocycles. The van der Waals surface area contributed by atoms with Gasteiger partial charge in [0.05, 0.1) is 6.26 Å². The van der Waals surface area contributed by atoms with Crippen molar-refractivity contribution in [2.24, 2.45) is 23.2 Å². The number of aliphatic hydroxyl groups excluding tert-OH is 1. The van der Waals surface area contributed by atoms with Crippen LogP contribution in [0.5, 0.6) is 0 Å². The van der Waals surface area contributed by atoms with Crippen LogP contribution in [0.3, 0.4) is 0 Å². The van der Waals surface area contributed by atoms with Crippen LogP contribution < -0.4 is 0 Å². The highest BCUT2D eigenvalue weighted by Crippen LogP contribution is 2.53. The predicted molar refractivity (Wildman–Crippen MR) is 68.7 cm³/mol. The fraction of sp³-hybridized carbons (Fsp3) is 0.667. The molecule has 6 unspecified atom stereocenters. The average molecular weight is 264 g/mol. The van der Waals surface area contributed by atoms with Gasteiger partial charge in [0.15, 0.2) is 0 Å². The number of aliphatic hydroxyl groups is 1. The smallest absolute Gasteiger partial charge is 0.334 e. The van der Waals surface area contributed by atoms with Gasteiger partial charge < -0.3 is 14.6 Å². The maximum atomic E-state index is 11.7. The summed E-state index contributed by atoms with van der Waals surface area (Å²) in [6, 6.07) is 0. The highest BCUT2D eigenvalue weighted by molar-refractivity contribution is 5.90. The second-order valence-corrected chi connectivity index (χ2v) is 6.34. The molecule has 0 aromatic heterocycles. The van der Waals surface area contributed by atoms with E-state index in [2.05, 4.69) is 13.5 Å². The summed E-state index contributed by atoms with van der Waals surface area (Å²) >= 11 is 0. The van der Waals surface area contributed by atoms with Gasteiger partial charge in [-0.1, -0.05) is 20.4 Å². The van der Waals surface area contributed by atoms with Gasteiger partial charge in [-0.2, -0.15) is 0 Å². The molecule has 0 radical (unpaired) electrons. The van der Waals surface area contributed by atoms with Gasteiger partial charge in [0, 0.05) is 16.9 Å². The summed E-state index contributed by atoms with van der Waals surface area (Å²) in [6.45, 7) is 8.04. The first kappa shape index (κ1) is 12.7. The summed E-state index contributed by atoms with van der Waals surface area (Å²) in [5, 5.41) is 10.2. The molecule has 2 fully saturated rings. The molecule has 4 nitrogen and oxygen atoms in total. The fourth-order valence-electron chi connectivity index (χ4n) is 3.95. The van der Waals surface area contributed by atoms with Crippen LogP contribution in [-0.4, -0.2) is 23.5 Å². The third-order valence-corrected chi connectivity index (χ3v) is 5.11. The first-order chi connectivity index (χ1) is 8.93. The zero-order chi connectivity index (χ0) is 13.8. The molecule has 2 heterocycles. The molecule has 0 spiro atoms. The van der Waals surface area contributed by atoms with Crippen molar-refractivity contribution in [2.45, 2.75) is 39.1 Å². The highest BCUT2D eigenvalue weighted by atomic mass is 16.6. The minimum absolute atomic E-state index is 0.00491. The van der Waals surface area contributed by atoms with E-state index in [9.17, 15) is 9.90 Å². The van der Waals surface area contributed by atoms with Crippen LogP contribution in [0.1, 0.15) is 26.7 Å². The van der Waals surface area contributed by atoms with Crippen LogP contribution in [0.4, 0.5) is 0 Å². The van der Waals surface area contributed by atoms with E-state index < -0.39 is 11.7 Å². The minimum atomic E-state index is -0.841. The predicted octanol–water partition coefficient (Wildman–Crippen LogP) is 2.00. The lowest BCUT2D eigenvalue weighted by atomic mass is 9.67. The largest absolute Gasteiger partial charge is 0.472 e. The SMILES string of the molecule is C=C1C(=O)OC2CC(C)C3C=COC(O)C3(C)CC12. The number of rotatable bonds is 0. The maximum absolute atomic E-state index is 11.7. The Balaban J connectivity index is 1.99. The van der Waals surface area contributed by atoms with Crippen LogP contribution in [0, 0.1) is 23.2 Å². The zero-order valence-electron chi connectivity index (χ0n) is 11.3. The van der Waals surface area contributed by atoms with E-state index in [0.717, 1.165) is 6.42 Å². The maximum Gasteiger partial charge on any atom is 0.334 e. The second kappa shape index (κ2) is 4.10. The van der Waals surface area contributed by atoms with Crippen LogP contribution in [0.25, 0.3) is 0 Å². The zero-order valence-corrected chi connectivity index (χ0v) is 11.3. The number of ether oxygens (including phenoxy) is 2. The van der Waals surface area contributed by atoms with Crippen molar-refractivity contribution in [1.82, 2.24) is 0 Å². The summed E-state index contributed by atoms with van der Waals surface area (Å²) in [6.07, 6.45) is 4.17. The number of hydrogen-bond acceptors (Lipinski definition) is 4. The Bertz CT molecular complexity index is 455. The number of allylic oxidation sites excluding steroid dienone is 1. The molecule has 3 rings (SSSR count). The molecular weight excluding hydrogens is 244 g/mol. The molecule has 1 saturated carbocycles. The lowest BCUT2D eigenvalue weighted by Crippen LogP contribution is -2.44. The Labute approximate surface area is 113 Å². The summed E-state index contributed by atoms with van der Waals surface area (Å²) < 4.78 is 10.7. The molecule has 19 heavy (non-hydrogen) atoms. The molecular formula is C15H20O4. The van der Waals surface area contributed by atoms with Gasteiger partial charge in [-0.25, -0.2) is 4.79 Å². The van der Waals surface area contributed by atoms with E-state index in [1.165, 1.54) is 0 Å². The van der Waals surface area contributed by atoms with Gasteiger partial charge in [0.25, 0.3) is 0 Å². The van der Waals surface area contributed by atoms with Crippen molar-refractivity contribution in [2.75, 3.05) is 0 Å². The molecule has 104 valence electrons. The second-order valence-electron chi connectivity index (χ2n) is 6.34. The quantitative estimate of drug-likeness (QED) is 0.537. The molecule has 0 amide bonds. The van der Waals surface area contributed by atoms with Crippen molar-refractivity contribution < 1.29 is 19.4 Å². The number of hydrogen-bond donors (Lipinski definition) is 1. The molecule has 2 aliphatic heterocycles. The molecule has 0 bridgehead atoms. The van der Waals surface area contributed by atoms with E-state index >= 15 is 0 Å². The van der Waals surface area contributed by atoms with E-state index in [1.54, 1.807) is 6.26 Å². The number of carbonyl (C=O) groups excluding carboxylic acids is 1.